The Hall–Kier alpha value is -1.82. The van der Waals surface area contributed by atoms with E-state index in [1.165, 1.54) is 0 Å². The van der Waals surface area contributed by atoms with Gasteiger partial charge in [0.05, 0.1) is 0 Å². The molecule has 4 N–H and O–H groups in total. The molecule has 0 aliphatic carbocycles. The van der Waals surface area contributed by atoms with Gasteiger partial charge in [-0.25, -0.2) is 4.98 Å². The van der Waals surface area contributed by atoms with Crippen LogP contribution in [0.15, 0.2) is 29.4 Å². The Labute approximate surface area is 152 Å². The predicted molar refractivity (Wildman–Crippen MR) is 106 cm³/mol. The number of aliphatic hydroxyl groups excluding tert-OH is 1. The molecule has 0 spiro atoms. The van der Waals surface area contributed by atoms with E-state index in [1.807, 2.05) is 18.2 Å². The van der Waals surface area contributed by atoms with Crippen LogP contribution in [0.1, 0.15) is 46.0 Å². The number of hydrogen-bond acceptors (Lipinski definition) is 4. The summed E-state index contributed by atoms with van der Waals surface area (Å²) in [4.78, 5) is 8.92. The number of rotatable bonds is 13. The van der Waals surface area contributed by atoms with E-state index >= 15 is 0 Å². The fraction of sp³-hybridized carbons (Fsp3) is 0.684. The van der Waals surface area contributed by atoms with Crippen molar-refractivity contribution in [1.82, 2.24) is 15.6 Å². The average Bonchev–Trinajstić information content (AvgIpc) is 2.63. The minimum absolute atomic E-state index is 0.243. The third-order valence-corrected chi connectivity index (χ3v) is 3.95. The van der Waals surface area contributed by atoms with Gasteiger partial charge in [0.15, 0.2) is 5.96 Å². The lowest BCUT2D eigenvalue weighted by Crippen LogP contribution is -2.38. The summed E-state index contributed by atoms with van der Waals surface area (Å²) in [6, 6.07) is 5.88. The summed E-state index contributed by atoms with van der Waals surface area (Å²) in [6.07, 6.45) is 7.02. The highest BCUT2D eigenvalue weighted by atomic mass is 16.3. The van der Waals surface area contributed by atoms with Crippen LogP contribution in [-0.4, -0.2) is 48.8 Å². The number of anilines is 1. The molecule has 1 rings (SSSR count). The van der Waals surface area contributed by atoms with Crippen molar-refractivity contribution in [3.8, 4) is 0 Å². The minimum Gasteiger partial charge on any atom is -0.396 e. The molecule has 1 unspecified atom stereocenters. The molecule has 0 aliphatic rings. The average molecular weight is 350 g/mol. The van der Waals surface area contributed by atoms with Crippen LogP contribution in [0.4, 0.5) is 5.82 Å². The first kappa shape index (κ1) is 21.2. The Bertz CT molecular complexity index is 446. The number of aromatic nitrogens is 1. The number of guanidine groups is 1. The van der Waals surface area contributed by atoms with Crippen molar-refractivity contribution in [1.29, 1.82) is 0 Å². The largest absolute Gasteiger partial charge is 0.396 e. The normalized spacial score (nSPS) is 12.7. The number of unbranched alkanes of at least 4 members (excludes halogenated alkanes) is 1. The fourth-order valence-electron chi connectivity index (χ4n) is 2.62. The van der Waals surface area contributed by atoms with E-state index in [-0.39, 0.29) is 6.61 Å². The van der Waals surface area contributed by atoms with Gasteiger partial charge >= 0.3 is 0 Å². The number of aliphatic hydroxyl groups is 1. The van der Waals surface area contributed by atoms with Crippen LogP contribution in [0, 0.1) is 5.92 Å². The Morgan fingerprint density at radius 3 is 2.68 bits per heavy atom. The lowest BCUT2D eigenvalue weighted by atomic mass is 10.0. The Kier molecular flexibility index (Phi) is 12.3. The molecule has 25 heavy (non-hydrogen) atoms. The van der Waals surface area contributed by atoms with Crippen LogP contribution in [0.5, 0.6) is 0 Å². The molecule has 0 fully saturated rings. The van der Waals surface area contributed by atoms with Gasteiger partial charge in [-0.05, 0) is 50.7 Å². The van der Waals surface area contributed by atoms with Gasteiger partial charge in [-0.1, -0.05) is 19.4 Å². The Morgan fingerprint density at radius 2 is 2.00 bits per heavy atom. The van der Waals surface area contributed by atoms with Crippen molar-refractivity contribution in [2.75, 3.05) is 38.1 Å². The minimum atomic E-state index is 0.243. The first-order valence-electron chi connectivity index (χ1n) is 9.58. The SMILES string of the molecule is CCCC(CCO)CN=C(NCC)NCCCCNc1ccccn1. The molecule has 0 saturated heterocycles. The molecule has 0 radical (unpaired) electrons. The maximum atomic E-state index is 9.15. The first-order chi connectivity index (χ1) is 12.3. The number of hydrogen-bond donors (Lipinski definition) is 4. The summed E-state index contributed by atoms with van der Waals surface area (Å²) in [5, 5.41) is 19.1. The first-order valence-corrected chi connectivity index (χ1v) is 9.58. The summed E-state index contributed by atoms with van der Waals surface area (Å²) in [7, 11) is 0. The molecule has 6 heteroatoms. The van der Waals surface area contributed by atoms with E-state index in [0.29, 0.717) is 5.92 Å². The van der Waals surface area contributed by atoms with Crippen molar-refractivity contribution < 1.29 is 5.11 Å². The van der Waals surface area contributed by atoms with Crippen LogP contribution in [0.3, 0.4) is 0 Å². The molecule has 0 aliphatic heterocycles. The molecular formula is C19H35N5O. The zero-order chi connectivity index (χ0) is 18.2. The van der Waals surface area contributed by atoms with Crippen molar-refractivity contribution in [2.24, 2.45) is 10.9 Å². The van der Waals surface area contributed by atoms with Gasteiger partial charge < -0.3 is 21.1 Å². The molecule has 0 amide bonds. The maximum absolute atomic E-state index is 9.15. The lowest BCUT2D eigenvalue weighted by molar-refractivity contribution is 0.253. The van der Waals surface area contributed by atoms with Crippen LogP contribution >= 0.6 is 0 Å². The molecule has 1 atom stereocenters. The summed E-state index contributed by atoms with van der Waals surface area (Å²) in [5.41, 5.74) is 0. The van der Waals surface area contributed by atoms with Crippen LogP contribution in [-0.2, 0) is 0 Å². The molecule has 1 heterocycles. The van der Waals surface area contributed by atoms with Gasteiger partial charge in [0, 0.05) is 39.0 Å². The zero-order valence-electron chi connectivity index (χ0n) is 15.8. The Balaban J connectivity index is 2.23. The number of nitrogens with zero attached hydrogens (tertiary/aromatic N) is 2. The van der Waals surface area contributed by atoms with E-state index in [4.69, 9.17) is 5.11 Å². The highest BCUT2D eigenvalue weighted by molar-refractivity contribution is 5.79. The van der Waals surface area contributed by atoms with Gasteiger partial charge in [0.2, 0.25) is 0 Å². The van der Waals surface area contributed by atoms with E-state index in [2.05, 4.69) is 39.8 Å². The number of nitrogens with one attached hydrogen (secondary N) is 3. The van der Waals surface area contributed by atoms with Gasteiger partial charge in [0.1, 0.15) is 5.82 Å². The molecule has 6 nitrogen and oxygen atoms in total. The van der Waals surface area contributed by atoms with Crippen molar-refractivity contribution in [3.05, 3.63) is 24.4 Å². The second kappa shape index (κ2) is 14.5. The van der Waals surface area contributed by atoms with Gasteiger partial charge in [-0.15, -0.1) is 0 Å². The summed E-state index contributed by atoms with van der Waals surface area (Å²) >= 11 is 0. The molecule has 1 aromatic rings. The Morgan fingerprint density at radius 1 is 1.16 bits per heavy atom. The quantitative estimate of drug-likeness (QED) is 0.250. The van der Waals surface area contributed by atoms with Gasteiger partial charge in [-0.3, -0.25) is 4.99 Å². The van der Waals surface area contributed by atoms with E-state index in [0.717, 1.165) is 70.1 Å². The summed E-state index contributed by atoms with van der Waals surface area (Å²) in [5.74, 6) is 2.27. The second-order valence-corrected chi connectivity index (χ2v) is 6.16. The smallest absolute Gasteiger partial charge is 0.191 e. The van der Waals surface area contributed by atoms with Crippen molar-refractivity contribution in [3.63, 3.8) is 0 Å². The highest BCUT2D eigenvalue weighted by Gasteiger charge is 2.07. The topological polar surface area (TPSA) is 81.6 Å². The molecule has 0 aromatic carbocycles. The third-order valence-electron chi connectivity index (χ3n) is 3.95. The highest BCUT2D eigenvalue weighted by Crippen LogP contribution is 2.10. The second-order valence-electron chi connectivity index (χ2n) is 6.16. The van der Waals surface area contributed by atoms with Crippen molar-refractivity contribution >= 4 is 11.8 Å². The summed E-state index contributed by atoms with van der Waals surface area (Å²) in [6.45, 7) is 7.93. The van der Waals surface area contributed by atoms with E-state index < -0.39 is 0 Å². The van der Waals surface area contributed by atoms with Crippen LogP contribution < -0.4 is 16.0 Å². The molecular weight excluding hydrogens is 314 g/mol. The zero-order valence-corrected chi connectivity index (χ0v) is 15.8. The van der Waals surface area contributed by atoms with Gasteiger partial charge in [0.25, 0.3) is 0 Å². The maximum Gasteiger partial charge on any atom is 0.191 e. The monoisotopic (exact) mass is 349 g/mol. The van der Waals surface area contributed by atoms with Crippen molar-refractivity contribution in [2.45, 2.75) is 46.0 Å². The van der Waals surface area contributed by atoms with Crippen LogP contribution in [0.2, 0.25) is 0 Å². The lowest BCUT2D eigenvalue weighted by Gasteiger charge is -2.15. The molecule has 1 aromatic heterocycles. The number of aliphatic imine (C=N–C) groups is 1. The third kappa shape index (κ3) is 10.6. The predicted octanol–water partition coefficient (Wildman–Crippen LogP) is 2.63. The standard InChI is InChI=1S/C19H35N5O/c1-3-9-17(11-15-25)16-24-19(20-4-2)23-14-8-7-13-22-18-10-5-6-12-21-18/h5-6,10,12,17,25H,3-4,7-9,11,13-16H2,1-2H3,(H,21,22)(H2,20,23,24). The van der Waals surface area contributed by atoms with E-state index in [1.54, 1.807) is 6.20 Å². The van der Waals surface area contributed by atoms with Crippen LogP contribution in [0.25, 0.3) is 0 Å². The number of pyridine rings is 1. The molecule has 0 saturated carbocycles. The molecule has 0 bridgehead atoms. The molecule has 142 valence electrons. The van der Waals surface area contributed by atoms with E-state index in [9.17, 15) is 0 Å². The fourth-order valence-corrected chi connectivity index (χ4v) is 2.62. The van der Waals surface area contributed by atoms with Gasteiger partial charge in [-0.2, -0.15) is 0 Å². The summed E-state index contributed by atoms with van der Waals surface area (Å²) < 4.78 is 0.